The minimum absolute atomic E-state index is 0.684. The van der Waals surface area contributed by atoms with E-state index in [2.05, 4.69) is 15.9 Å². The van der Waals surface area contributed by atoms with Crippen LogP contribution in [-0.2, 0) is 5.33 Å². The van der Waals surface area contributed by atoms with E-state index in [1.54, 1.807) is 19.2 Å². The van der Waals surface area contributed by atoms with E-state index < -0.39 is 0 Å². The fraction of sp³-hybridized carbons (Fsp3) is 0.143. The van der Waals surface area contributed by atoms with Gasteiger partial charge in [-0.15, -0.1) is 0 Å². The van der Waals surface area contributed by atoms with Crippen molar-refractivity contribution in [2.45, 2.75) is 5.33 Å². The summed E-state index contributed by atoms with van der Waals surface area (Å²) in [6.07, 6.45) is 0. The van der Waals surface area contributed by atoms with Crippen molar-refractivity contribution >= 4 is 27.5 Å². The van der Waals surface area contributed by atoms with Crippen LogP contribution >= 0.6 is 27.5 Å². The van der Waals surface area contributed by atoms with Crippen LogP contribution in [0.5, 0.6) is 17.2 Å². The molecule has 0 aromatic heterocycles. The number of benzene rings is 2. The lowest BCUT2D eigenvalue weighted by atomic mass is 10.2. The monoisotopic (exact) mass is 326 g/mol. The number of alkyl halides is 1. The van der Waals surface area contributed by atoms with Gasteiger partial charge < -0.3 is 9.47 Å². The summed E-state index contributed by atoms with van der Waals surface area (Å²) in [5, 5.41) is 1.40. The molecule has 4 heteroatoms. The second-order valence-electron chi connectivity index (χ2n) is 3.64. The number of para-hydroxylation sites is 1. The van der Waals surface area contributed by atoms with Crippen LogP contribution in [0.25, 0.3) is 0 Å². The molecule has 0 aliphatic carbocycles. The van der Waals surface area contributed by atoms with Crippen LogP contribution in [0.15, 0.2) is 42.5 Å². The molecular weight excluding hydrogens is 316 g/mol. The van der Waals surface area contributed by atoms with Crippen LogP contribution in [0.3, 0.4) is 0 Å². The third-order valence-electron chi connectivity index (χ3n) is 2.45. The van der Waals surface area contributed by atoms with Gasteiger partial charge in [-0.25, -0.2) is 0 Å². The zero-order valence-corrected chi connectivity index (χ0v) is 12.2. The minimum atomic E-state index is 0.684. The molecule has 0 aliphatic rings. The lowest BCUT2D eigenvalue weighted by molar-refractivity contribution is 0.376. The third kappa shape index (κ3) is 2.98. The van der Waals surface area contributed by atoms with Crippen molar-refractivity contribution in [1.82, 2.24) is 0 Å². The molecule has 0 unspecified atom stereocenters. The van der Waals surface area contributed by atoms with E-state index in [0.717, 1.165) is 17.1 Å². The van der Waals surface area contributed by atoms with E-state index in [0.29, 0.717) is 16.1 Å². The average molecular weight is 328 g/mol. The van der Waals surface area contributed by atoms with E-state index in [1.807, 2.05) is 30.3 Å². The molecule has 2 aromatic rings. The SMILES string of the molecule is COc1c(CBr)cccc1Oc1ccc(Cl)cc1. The van der Waals surface area contributed by atoms with E-state index in [4.69, 9.17) is 21.1 Å². The van der Waals surface area contributed by atoms with Gasteiger partial charge in [-0.3, -0.25) is 0 Å². The molecule has 0 N–H and O–H groups in total. The Labute approximate surface area is 120 Å². The standard InChI is InChI=1S/C14H12BrClO2/c1-17-14-10(9-15)3-2-4-13(14)18-12-7-5-11(16)6-8-12/h2-8H,9H2,1H3. The Morgan fingerprint density at radius 1 is 1.11 bits per heavy atom. The first-order valence-corrected chi connectivity index (χ1v) is 6.90. The molecule has 0 bridgehead atoms. The van der Waals surface area contributed by atoms with E-state index in [1.165, 1.54) is 0 Å². The fourth-order valence-corrected chi connectivity index (χ4v) is 2.18. The molecule has 0 atom stereocenters. The molecule has 0 saturated carbocycles. The molecule has 94 valence electrons. The number of halogens is 2. The molecule has 2 nitrogen and oxygen atoms in total. The number of methoxy groups -OCH3 is 1. The highest BCUT2D eigenvalue weighted by Crippen LogP contribution is 2.35. The zero-order chi connectivity index (χ0) is 13.0. The lowest BCUT2D eigenvalue weighted by Crippen LogP contribution is -1.94. The third-order valence-corrected chi connectivity index (χ3v) is 3.31. The Hall–Kier alpha value is -1.19. The van der Waals surface area contributed by atoms with Gasteiger partial charge in [0.05, 0.1) is 7.11 Å². The maximum absolute atomic E-state index is 5.83. The highest BCUT2D eigenvalue weighted by Gasteiger charge is 2.09. The summed E-state index contributed by atoms with van der Waals surface area (Å²) < 4.78 is 11.2. The lowest BCUT2D eigenvalue weighted by Gasteiger charge is -2.13. The van der Waals surface area contributed by atoms with Gasteiger partial charge in [-0.1, -0.05) is 39.7 Å². The summed E-state index contributed by atoms with van der Waals surface area (Å²) in [5.74, 6) is 2.16. The van der Waals surface area contributed by atoms with Crippen molar-refractivity contribution in [2.24, 2.45) is 0 Å². The number of ether oxygens (including phenoxy) is 2. The topological polar surface area (TPSA) is 18.5 Å². The van der Waals surface area contributed by atoms with Crippen LogP contribution in [0.1, 0.15) is 5.56 Å². The van der Waals surface area contributed by atoms with Gasteiger partial charge in [0, 0.05) is 15.9 Å². The first-order valence-electron chi connectivity index (χ1n) is 5.40. The van der Waals surface area contributed by atoms with Crippen molar-refractivity contribution in [1.29, 1.82) is 0 Å². The van der Waals surface area contributed by atoms with E-state index in [9.17, 15) is 0 Å². The first-order chi connectivity index (χ1) is 8.74. The summed E-state index contributed by atoms with van der Waals surface area (Å²) in [7, 11) is 1.64. The predicted octanol–water partition coefficient (Wildman–Crippen LogP) is 5.04. The Kier molecular flexibility index (Phi) is 4.50. The molecule has 0 spiro atoms. The normalized spacial score (nSPS) is 10.2. The molecule has 2 aromatic carbocycles. The van der Waals surface area contributed by atoms with E-state index >= 15 is 0 Å². The van der Waals surface area contributed by atoms with Crippen LogP contribution < -0.4 is 9.47 Å². The maximum Gasteiger partial charge on any atom is 0.169 e. The largest absolute Gasteiger partial charge is 0.493 e. The van der Waals surface area contributed by atoms with Gasteiger partial charge in [-0.2, -0.15) is 0 Å². The predicted molar refractivity (Wildman–Crippen MR) is 77.2 cm³/mol. The van der Waals surface area contributed by atoms with Crippen molar-refractivity contribution in [3.63, 3.8) is 0 Å². The van der Waals surface area contributed by atoms with E-state index in [-0.39, 0.29) is 0 Å². The Balaban J connectivity index is 2.31. The van der Waals surface area contributed by atoms with Crippen LogP contribution in [0.2, 0.25) is 5.02 Å². The molecule has 0 aliphatic heterocycles. The number of hydrogen-bond donors (Lipinski definition) is 0. The van der Waals surface area contributed by atoms with Crippen LogP contribution in [-0.4, -0.2) is 7.11 Å². The van der Waals surface area contributed by atoms with Crippen molar-refractivity contribution in [3.8, 4) is 17.2 Å². The molecule has 0 radical (unpaired) electrons. The summed E-state index contributed by atoms with van der Waals surface area (Å²) >= 11 is 9.26. The zero-order valence-electron chi connectivity index (χ0n) is 9.82. The van der Waals surface area contributed by atoms with Gasteiger partial charge in [0.1, 0.15) is 5.75 Å². The van der Waals surface area contributed by atoms with Gasteiger partial charge in [0.15, 0.2) is 11.5 Å². The Morgan fingerprint density at radius 3 is 2.44 bits per heavy atom. The average Bonchev–Trinajstić information content (AvgIpc) is 2.41. The molecule has 2 rings (SSSR count). The second-order valence-corrected chi connectivity index (χ2v) is 4.64. The summed E-state index contributed by atoms with van der Waals surface area (Å²) in [4.78, 5) is 0. The summed E-state index contributed by atoms with van der Waals surface area (Å²) in [6.45, 7) is 0. The first kappa shape index (κ1) is 13.2. The molecular formula is C14H12BrClO2. The molecule has 18 heavy (non-hydrogen) atoms. The van der Waals surface area contributed by atoms with Crippen LogP contribution in [0.4, 0.5) is 0 Å². The van der Waals surface area contributed by atoms with Gasteiger partial charge >= 0.3 is 0 Å². The molecule has 0 heterocycles. The summed E-state index contributed by atoms with van der Waals surface area (Å²) in [6, 6.07) is 13.0. The molecule has 0 amide bonds. The van der Waals surface area contributed by atoms with Crippen LogP contribution in [0, 0.1) is 0 Å². The van der Waals surface area contributed by atoms with Crippen molar-refractivity contribution in [2.75, 3.05) is 7.11 Å². The number of rotatable bonds is 4. The highest BCUT2D eigenvalue weighted by molar-refractivity contribution is 9.08. The van der Waals surface area contributed by atoms with Gasteiger partial charge in [0.25, 0.3) is 0 Å². The Bertz CT molecular complexity index is 526. The minimum Gasteiger partial charge on any atom is -0.493 e. The molecule has 0 saturated heterocycles. The smallest absolute Gasteiger partial charge is 0.169 e. The fourth-order valence-electron chi connectivity index (χ4n) is 1.61. The second kappa shape index (κ2) is 6.12. The van der Waals surface area contributed by atoms with Crippen molar-refractivity contribution < 1.29 is 9.47 Å². The van der Waals surface area contributed by atoms with Crippen molar-refractivity contribution in [3.05, 3.63) is 53.1 Å². The van der Waals surface area contributed by atoms with Gasteiger partial charge in [0.2, 0.25) is 0 Å². The van der Waals surface area contributed by atoms with Gasteiger partial charge in [-0.05, 0) is 30.3 Å². The quantitative estimate of drug-likeness (QED) is 0.733. The number of hydrogen-bond acceptors (Lipinski definition) is 2. The highest BCUT2D eigenvalue weighted by atomic mass is 79.9. The molecule has 0 fully saturated rings. The summed E-state index contributed by atoms with van der Waals surface area (Å²) in [5.41, 5.74) is 1.05. The Morgan fingerprint density at radius 2 is 1.83 bits per heavy atom. The maximum atomic E-state index is 5.83.